The van der Waals surface area contributed by atoms with Crippen LogP contribution in [0.3, 0.4) is 0 Å². The van der Waals surface area contributed by atoms with E-state index in [1.807, 2.05) is 0 Å². The summed E-state index contributed by atoms with van der Waals surface area (Å²) < 4.78 is 13.9. The van der Waals surface area contributed by atoms with E-state index in [-0.39, 0.29) is 17.8 Å². The first-order valence-electron chi connectivity index (χ1n) is 6.17. The number of benzene rings is 1. The van der Waals surface area contributed by atoms with Gasteiger partial charge in [-0.25, -0.2) is 4.39 Å². The Hall–Kier alpha value is -0.690. The molecule has 3 nitrogen and oxygen atoms in total. The molecular weight excluding hydrogens is 346 g/mol. The summed E-state index contributed by atoms with van der Waals surface area (Å²) in [5.74, 6) is -0.145. The quantitative estimate of drug-likeness (QED) is 0.839. The van der Waals surface area contributed by atoms with Gasteiger partial charge in [0.05, 0.1) is 11.7 Å². The van der Waals surface area contributed by atoms with Crippen LogP contribution in [0.5, 0.6) is 0 Å². The third-order valence-corrected chi connectivity index (χ3v) is 4.28. The Bertz CT molecular complexity index is 490. The molecule has 96 valence electrons. The molecule has 0 spiro atoms. The lowest BCUT2D eigenvalue weighted by Crippen LogP contribution is -2.39. The van der Waals surface area contributed by atoms with E-state index in [2.05, 4.69) is 27.9 Å². The summed E-state index contributed by atoms with van der Waals surface area (Å²) in [5, 5.41) is 3.37. The van der Waals surface area contributed by atoms with Gasteiger partial charge in [-0.3, -0.25) is 4.79 Å². The van der Waals surface area contributed by atoms with E-state index in [1.165, 1.54) is 25.0 Å². The van der Waals surface area contributed by atoms with Crippen molar-refractivity contribution in [2.45, 2.75) is 31.3 Å². The van der Waals surface area contributed by atoms with Crippen LogP contribution in [0.15, 0.2) is 18.2 Å². The fraction of sp³-hybridized carbons (Fsp3) is 0.462. The number of nitrogens with one attached hydrogen (secondary N) is 1. The number of carbonyl (C=O) groups is 1. The van der Waals surface area contributed by atoms with Gasteiger partial charge in [0.15, 0.2) is 0 Å². The number of carbonyl (C=O) groups excluding carboxylic acids is 1. The summed E-state index contributed by atoms with van der Waals surface area (Å²) in [7, 11) is 0. The summed E-state index contributed by atoms with van der Waals surface area (Å²) >= 11 is 2.08. The number of hydrogen-bond acceptors (Lipinski definition) is 2. The predicted octanol–water partition coefficient (Wildman–Crippen LogP) is 2.29. The molecule has 0 bridgehead atoms. The Morgan fingerprint density at radius 2 is 2.11 bits per heavy atom. The Labute approximate surface area is 119 Å². The first-order chi connectivity index (χ1) is 8.65. The van der Waals surface area contributed by atoms with Crippen molar-refractivity contribution < 1.29 is 9.18 Å². The van der Waals surface area contributed by atoms with Crippen molar-refractivity contribution in [3.05, 3.63) is 27.6 Å². The van der Waals surface area contributed by atoms with Crippen LogP contribution in [0.1, 0.15) is 19.3 Å². The van der Waals surface area contributed by atoms with Gasteiger partial charge in [0.1, 0.15) is 5.82 Å². The number of anilines is 1. The van der Waals surface area contributed by atoms with Gasteiger partial charge in [-0.1, -0.05) is 0 Å². The standard InChI is InChI=1S/C13H14FIN2O/c14-8-1-4-12(10(15)7-8)17-6-5-11(13(17)18)16-9-2-3-9/h1,4,7,9,11,16H,2-3,5-6H2. The summed E-state index contributed by atoms with van der Waals surface area (Å²) in [6.45, 7) is 0.713. The second-order valence-corrected chi connectivity index (χ2v) is 6.03. The molecule has 1 atom stereocenters. The van der Waals surface area contributed by atoms with Gasteiger partial charge in [-0.2, -0.15) is 0 Å². The maximum atomic E-state index is 13.1. The van der Waals surface area contributed by atoms with Crippen LogP contribution in [-0.4, -0.2) is 24.5 Å². The molecule has 1 N–H and O–H groups in total. The van der Waals surface area contributed by atoms with Gasteiger partial charge in [0.2, 0.25) is 5.91 Å². The SMILES string of the molecule is O=C1C(NC2CC2)CCN1c1ccc(F)cc1I. The summed E-state index contributed by atoms with van der Waals surface area (Å²) in [4.78, 5) is 14.0. The number of rotatable bonds is 3. The van der Waals surface area contributed by atoms with Crippen molar-refractivity contribution in [1.29, 1.82) is 0 Å². The maximum absolute atomic E-state index is 13.1. The van der Waals surface area contributed by atoms with E-state index in [9.17, 15) is 9.18 Å². The second-order valence-electron chi connectivity index (χ2n) is 4.87. The zero-order valence-corrected chi connectivity index (χ0v) is 12.0. The Kier molecular flexibility index (Phi) is 3.27. The lowest BCUT2D eigenvalue weighted by molar-refractivity contribution is -0.118. The van der Waals surface area contributed by atoms with Crippen LogP contribution in [0.4, 0.5) is 10.1 Å². The van der Waals surface area contributed by atoms with Gasteiger partial charge >= 0.3 is 0 Å². The molecule has 1 aromatic carbocycles. The second kappa shape index (κ2) is 4.77. The molecular formula is C13H14FIN2O. The van der Waals surface area contributed by atoms with Crippen molar-refractivity contribution in [2.75, 3.05) is 11.4 Å². The van der Waals surface area contributed by atoms with Crippen LogP contribution < -0.4 is 10.2 Å². The monoisotopic (exact) mass is 360 g/mol. The number of nitrogens with zero attached hydrogens (tertiary/aromatic N) is 1. The highest BCUT2D eigenvalue weighted by molar-refractivity contribution is 14.1. The van der Waals surface area contributed by atoms with E-state index in [0.29, 0.717) is 12.6 Å². The lowest BCUT2D eigenvalue weighted by Gasteiger charge is -2.18. The summed E-state index contributed by atoms with van der Waals surface area (Å²) in [5.41, 5.74) is 0.821. The van der Waals surface area contributed by atoms with Crippen molar-refractivity contribution in [2.24, 2.45) is 0 Å². The highest BCUT2D eigenvalue weighted by atomic mass is 127. The van der Waals surface area contributed by atoms with Crippen LogP contribution in [0, 0.1) is 9.39 Å². The maximum Gasteiger partial charge on any atom is 0.244 e. The average molecular weight is 360 g/mol. The van der Waals surface area contributed by atoms with Crippen molar-refractivity contribution in [3.63, 3.8) is 0 Å². The molecule has 1 aromatic rings. The molecule has 2 aliphatic rings. The molecule has 1 amide bonds. The van der Waals surface area contributed by atoms with Crippen LogP contribution >= 0.6 is 22.6 Å². The molecule has 0 radical (unpaired) electrons. The van der Waals surface area contributed by atoms with Crippen molar-refractivity contribution >= 4 is 34.2 Å². The molecule has 1 unspecified atom stereocenters. The topological polar surface area (TPSA) is 32.3 Å². The molecule has 5 heteroatoms. The molecule has 0 aromatic heterocycles. The van der Waals surface area contributed by atoms with Crippen molar-refractivity contribution in [1.82, 2.24) is 5.32 Å². The Morgan fingerprint density at radius 3 is 2.78 bits per heavy atom. The zero-order valence-electron chi connectivity index (χ0n) is 9.83. The van der Waals surface area contributed by atoms with E-state index in [0.717, 1.165) is 15.7 Å². The van der Waals surface area contributed by atoms with E-state index in [4.69, 9.17) is 0 Å². The van der Waals surface area contributed by atoms with Gasteiger partial charge in [0, 0.05) is 16.2 Å². The predicted molar refractivity (Wildman–Crippen MR) is 76.0 cm³/mol. The molecule has 1 aliphatic carbocycles. The Balaban J connectivity index is 1.78. The van der Waals surface area contributed by atoms with E-state index in [1.54, 1.807) is 11.0 Å². The Morgan fingerprint density at radius 1 is 1.33 bits per heavy atom. The number of halogens is 2. The number of hydrogen-bond donors (Lipinski definition) is 1. The molecule has 2 fully saturated rings. The molecule has 1 aliphatic heterocycles. The fourth-order valence-electron chi connectivity index (χ4n) is 2.31. The van der Waals surface area contributed by atoms with E-state index >= 15 is 0 Å². The van der Waals surface area contributed by atoms with Gasteiger partial charge in [-0.05, 0) is 60.1 Å². The van der Waals surface area contributed by atoms with Gasteiger partial charge in [-0.15, -0.1) is 0 Å². The molecule has 3 rings (SSSR count). The van der Waals surface area contributed by atoms with Crippen LogP contribution in [-0.2, 0) is 4.79 Å². The highest BCUT2D eigenvalue weighted by Gasteiger charge is 2.36. The average Bonchev–Trinajstić information content (AvgIpc) is 3.07. The van der Waals surface area contributed by atoms with Crippen molar-refractivity contribution in [3.8, 4) is 0 Å². The normalized spacial score (nSPS) is 23.8. The van der Waals surface area contributed by atoms with Gasteiger partial charge < -0.3 is 10.2 Å². The van der Waals surface area contributed by atoms with Crippen LogP contribution in [0.25, 0.3) is 0 Å². The summed E-state index contributed by atoms with van der Waals surface area (Å²) in [6.07, 6.45) is 3.19. The van der Waals surface area contributed by atoms with Crippen LogP contribution in [0.2, 0.25) is 0 Å². The smallest absolute Gasteiger partial charge is 0.244 e. The minimum Gasteiger partial charge on any atom is -0.310 e. The minimum absolute atomic E-state index is 0.0571. The lowest BCUT2D eigenvalue weighted by atomic mass is 10.2. The molecule has 18 heavy (non-hydrogen) atoms. The molecule has 1 saturated carbocycles. The largest absolute Gasteiger partial charge is 0.310 e. The van der Waals surface area contributed by atoms with E-state index < -0.39 is 0 Å². The zero-order chi connectivity index (χ0) is 12.7. The molecule has 1 saturated heterocycles. The van der Waals surface area contributed by atoms with Gasteiger partial charge in [0.25, 0.3) is 0 Å². The number of amides is 1. The summed E-state index contributed by atoms with van der Waals surface area (Å²) in [6, 6.07) is 5.04. The first kappa shape index (κ1) is 12.3. The molecule has 1 heterocycles. The third-order valence-electron chi connectivity index (χ3n) is 3.42. The fourth-order valence-corrected chi connectivity index (χ4v) is 3.08. The first-order valence-corrected chi connectivity index (χ1v) is 7.25. The minimum atomic E-state index is -0.262. The highest BCUT2D eigenvalue weighted by Crippen LogP contribution is 2.29. The third kappa shape index (κ3) is 2.38.